The minimum Gasteiger partial charge on any atom is -0.352 e. The molecule has 0 aliphatic carbocycles. The summed E-state index contributed by atoms with van der Waals surface area (Å²) in [6, 6.07) is 8.29. The van der Waals surface area contributed by atoms with Crippen molar-refractivity contribution < 1.29 is 14.4 Å². The lowest BCUT2D eigenvalue weighted by Gasteiger charge is -2.25. The van der Waals surface area contributed by atoms with Gasteiger partial charge >= 0.3 is 0 Å². The second kappa shape index (κ2) is 7.53. The van der Waals surface area contributed by atoms with Gasteiger partial charge in [0, 0.05) is 44.6 Å². The quantitative estimate of drug-likeness (QED) is 0.875. The summed E-state index contributed by atoms with van der Waals surface area (Å²) >= 11 is 0. The second-order valence-electron chi connectivity index (χ2n) is 6.30. The topological polar surface area (TPSA) is 70.7 Å². The van der Waals surface area contributed by atoms with Crippen molar-refractivity contribution in [2.45, 2.75) is 20.3 Å². The van der Waals surface area contributed by atoms with Gasteiger partial charge in [-0.15, -0.1) is 0 Å². The highest BCUT2D eigenvalue weighted by atomic mass is 16.6. The molecule has 0 spiro atoms. The average molecular weight is 341 g/mol. The molecule has 0 fully saturated rings. The summed E-state index contributed by atoms with van der Waals surface area (Å²) in [6.07, 6.45) is 3.00. The highest BCUT2D eigenvalue weighted by molar-refractivity contribution is 5.77. The molecule has 0 aromatic heterocycles. The molecule has 2 heterocycles. The molecule has 0 saturated heterocycles. The fourth-order valence-electron chi connectivity index (χ4n) is 3.04. The maximum absolute atomic E-state index is 11.4. The van der Waals surface area contributed by atoms with Crippen LogP contribution in [0, 0.1) is 0 Å². The molecule has 1 aromatic carbocycles. The Morgan fingerprint density at radius 1 is 1.20 bits per heavy atom. The average Bonchev–Trinajstić information content (AvgIpc) is 3.09. The van der Waals surface area contributed by atoms with Crippen LogP contribution in [0.15, 0.2) is 35.9 Å². The predicted molar refractivity (Wildman–Crippen MR) is 96.0 cm³/mol. The lowest BCUT2D eigenvalue weighted by molar-refractivity contribution is -0.128. The third-order valence-corrected chi connectivity index (χ3v) is 4.52. The molecule has 2 aliphatic rings. The third-order valence-electron chi connectivity index (χ3n) is 4.52. The number of amides is 2. The molecule has 2 N–H and O–H groups in total. The van der Waals surface area contributed by atoms with E-state index in [1.807, 2.05) is 4.90 Å². The summed E-state index contributed by atoms with van der Waals surface area (Å²) < 4.78 is 0. The second-order valence-corrected chi connectivity index (χ2v) is 6.30. The van der Waals surface area contributed by atoms with Gasteiger partial charge in [0.15, 0.2) is 0 Å². The maximum Gasteiger partial charge on any atom is 0.219 e. The number of benzene rings is 1. The number of hydrogen-bond acceptors (Lipinski definition) is 4. The van der Waals surface area contributed by atoms with Gasteiger partial charge in [0.2, 0.25) is 11.8 Å². The number of nitrogens with one attached hydrogen (secondary N) is 2. The van der Waals surface area contributed by atoms with Gasteiger partial charge in [-0.3, -0.25) is 19.9 Å². The zero-order valence-electron chi connectivity index (χ0n) is 14.6. The molecule has 0 saturated carbocycles. The van der Waals surface area contributed by atoms with Gasteiger partial charge in [-0.25, -0.2) is 0 Å². The molecule has 2 aliphatic heterocycles. The van der Waals surface area contributed by atoms with E-state index < -0.39 is 0 Å². The molecule has 132 valence electrons. The minimum atomic E-state index is -0.0575. The van der Waals surface area contributed by atoms with Crippen molar-refractivity contribution >= 4 is 23.1 Å². The smallest absolute Gasteiger partial charge is 0.219 e. The molecule has 0 bridgehead atoms. The Morgan fingerprint density at radius 2 is 1.92 bits per heavy atom. The van der Waals surface area contributed by atoms with Crippen LogP contribution in [-0.2, 0) is 14.4 Å². The first-order chi connectivity index (χ1) is 12.0. The molecular weight excluding hydrogens is 318 g/mol. The molecule has 0 radical (unpaired) electrons. The van der Waals surface area contributed by atoms with Crippen LogP contribution < -0.4 is 10.8 Å². The number of carbonyl (C=O) groups is 2. The van der Waals surface area contributed by atoms with Crippen molar-refractivity contribution in [2.75, 3.05) is 26.2 Å². The van der Waals surface area contributed by atoms with Gasteiger partial charge in [-0.1, -0.05) is 30.3 Å². The van der Waals surface area contributed by atoms with Gasteiger partial charge in [-0.05, 0) is 17.6 Å². The van der Waals surface area contributed by atoms with Crippen LogP contribution >= 0.6 is 0 Å². The van der Waals surface area contributed by atoms with Crippen molar-refractivity contribution in [3.63, 3.8) is 0 Å². The van der Waals surface area contributed by atoms with Crippen LogP contribution in [0.25, 0.3) is 11.3 Å². The van der Waals surface area contributed by atoms with E-state index in [1.165, 1.54) is 18.1 Å². The fourth-order valence-corrected chi connectivity index (χ4v) is 3.04. The highest BCUT2D eigenvalue weighted by Crippen LogP contribution is 2.26. The summed E-state index contributed by atoms with van der Waals surface area (Å²) in [7, 11) is 0. The monoisotopic (exact) mass is 341 g/mol. The Kier molecular flexibility index (Phi) is 5.19. The number of rotatable bonds is 4. The van der Waals surface area contributed by atoms with E-state index >= 15 is 0 Å². The maximum atomic E-state index is 11.4. The van der Waals surface area contributed by atoms with Crippen molar-refractivity contribution in [1.82, 2.24) is 15.7 Å². The Morgan fingerprint density at radius 3 is 2.52 bits per heavy atom. The van der Waals surface area contributed by atoms with E-state index in [0.29, 0.717) is 19.7 Å². The normalized spacial score (nSPS) is 17.2. The van der Waals surface area contributed by atoms with Crippen LogP contribution in [0.3, 0.4) is 0 Å². The van der Waals surface area contributed by atoms with Crippen molar-refractivity contribution in [1.29, 1.82) is 0 Å². The van der Waals surface area contributed by atoms with Crippen LogP contribution in [0.1, 0.15) is 31.4 Å². The summed E-state index contributed by atoms with van der Waals surface area (Å²) in [5.74, 6) is 0.0644. The molecular formula is C19H23N3O3. The largest absolute Gasteiger partial charge is 0.352 e. The van der Waals surface area contributed by atoms with Crippen LogP contribution in [0.2, 0.25) is 0 Å². The Hall–Kier alpha value is -2.60. The van der Waals surface area contributed by atoms with Crippen LogP contribution in [0.5, 0.6) is 0 Å². The number of hydrogen-bond donors (Lipinski definition) is 2. The third kappa shape index (κ3) is 4.09. The first kappa shape index (κ1) is 17.2. The van der Waals surface area contributed by atoms with E-state index in [1.54, 1.807) is 6.92 Å². The molecule has 3 rings (SSSR count). The van der Waals surface area contributed by atoms with Crippen molar-refractivity contribution in [3.05, 3.63) is 47.0 Å². The molecule has 1 aromatic rings. The molecule has 0 atom stereocenters. The SMILES string of the molecule is CC(=O)NCC1=C(c2ccc(C3=CCN(C(C)=O)CC3)cc2)NOC1. The van der Waals surface area contributed by atoms with Gasteiger partial charge in [0.1, 0.15) is 0 Å². The number of carbonyl (C=O) groups excluding carboxylic acids is 2. The number of nitrogens with zero attached hydrogens (tertiary/aromatic N) is 1. The summed E-state index contributed by atoms with van der Waals surface area (Å²) in [5.41, 5.74) is 8.35. The van der Waals surface area contributed by atoms with Gasteiger partial charge in [0.05, 0.1) is 12.3 Å². The zero-order valence-corrected chi connectivity index (χ0v) is 14.6. The molecule has 6 heteroatoms. The van der Waals surface area contributed by atoms with E-state index in [4.69, 9.17) is 4.84 Å². The van der Waals surface area contributed by atoms with Gasteiger partial charge in [-0.2, -0.15) is 0 Å². The molecule has 0 unspecified atom stereocenters. The highest BCUT2D eigenvalue weighted by Gasteiger charge is 2.18. The minimum absolute atomic E-state index is 0.0575. The first-order valence-corrected chi connectivity index (χ1v) is 8.44. The lowest BCUT2D eigenvalue weighted by Crippen LogP contribution is -2.32. The predicted octanol–water partition coefficient (Wildman–Crippen LogP) is 1.70. The van der Waals surface area contributed by atoms with Gasteiger partial charge < -0.3 is 10.2 Å². The van der Waals surface area contributed by atoms with Crippen LogP contribution in [-0.4, -0.2) is 43.0 Å². The summed E-state index contributed by atoms with van der Waals surface area (Å²) in [5, 5.41) is 2.81. The van der Waals surface area contributed by atoms with E-state index in [9.17, 15) is 9.59 Å². The first-order valence-electron chi connectivity index (χ1n) is 8.44. The van der Waals surface area contributed by atoms with E-state index in [2.05, 4.69) is 41.1 Å². The molecule has 2 amide bonds. The summed E-state index contributed by atoms with van der Waals surface area (Å²) in [6.45, 7) is 5.49. The Labute approximate surface area is 147 Å². The Bertz CT molecular complexity index is 735. The Balaban J connectivity index is 1.73. The van der Waals surface area contributed by atoms with E-state index in [0.717, 1.165) is 29.8 Å². The van der Waals surface area contributed by atoms with Gasteiger partial charge in [0.25, 0.3) is 0 Å². The lowest BCUT2D eigenvalue weighted by atomic mass is 9.97. The van der Waals surface area contributed by atoms with Crippen LogP contribution in [0.4, 0.5) is 0 Å². The number of hydroxylamine groups is 1. The van der Waals surface area contributed by atoms with Crippen molar-refractivity contribution in [3.8, 4) is 0 Å². The standard InChI is InChI=1S/C19H23N3O3/c1-13(23)20-11-18-12-25-21-19(18)17-5-3-15(4-6-17)16-7-9-22(10-8-16)14(2)24/h3-7,21H,8-12H2,1-2H3,(H,20,23). The zero-order chi connectivity index (χ0) is 17.8. The van der Waals surface area contributed by atoms with E-state index in [-0.39, 0.29) is 11.8 Å². The fraction of sp³-hybridized carbons (Fsp3) is 0.368. The molecule has 25 heavy (non-hydrogen) atoms. The molecule has 6 nitrogen and oxygen atoms in total. The summed E-state index contributed by atoms with van der Waals surface area (Å²) in [4.78, 5) is 29.7. The van der Waals surface area contributed by atoms with Crippen molar-refractivity contribution in [2.24, 2.45) is 0 Å².